The number of hydrogen-bond acceptors (Lipinski definition) is 4. The number of nitrogens with zero attached hydrogens (tertiary/aromatic N) is 2. The van der Waals surface area contributed by atoms with E-state index < -0.39 is 0 Å². The lowest BCUT2D eigenvalue weighted by Gasteiger charge is -2.01. The maximum absolute atomic E-state index is 5.91. The van der Waals surface area contributed by atoms with Crippen LogP contribution in [-0.2, 0) is 5.75 Å². The first-order valence-electron chi connectivity index (χ1n) is 5.97. The summed E-state index contributed by atoms with van der Waals surface area (Å²) in [6.45, 7) is 0. The summed E-state index contributed by atoms with van der Waals surface area (Å²) >= 11 is 6.06. The first-order valence-corrected chi connectivity index (χ1v) is 7.36. The summed E-state index contributed by atoms with van der Waals surface area (Å²) in [4.78, 5) is 8.23. The highest BCUT2D eigenvalue weighted by Gasteiger charge is 1.97. The maximum Gasteiger partial charge on any atom is 0.159 e. The van der Waals surface area contributed by atoms with Crippen molar-refractivity contribution < 1.29 is 0 Å². The van der Waals surface area contributed by atoms with Gasteiger partial charge in [0.1, 0.15) is 0 Å². The third-order valence-corrected chi connectivity index (χ3v) is 3.45. The molecule has 0 aliphatic carbocycles. The van der Waals surface area contributed by atoms with E-state index in [4.69, 9.17) is 5.73 Å². The van der Waals surface area contributed by atoms with E-state index >= 15 is 0 Å². The van der Waals surface area contributed by atoms with Gasteiger partial charge in [-0.2, -0.15) is 4.99 Å². The van der Waals surface area contributed by atoms with E-state index in [0.717, 1.165) is 17.1 Å². The van der Waals surface area contributed by atoms with Gasteiger partial charge in [0.05, 0.1) is 16.5 Å². The predicted octanol–water partition coefficient (Wildman–Crippen LogP) is 4.30. The topological polar surface area (TPSA) is 50.7 Å². The molecule has 2 aromatic rings. The van der Waals surface area contributed by atoms with E-state index in [-0.39, 0.29) is 0 Å². The molecule has 0 radical (unpaired) electrons. The zero-order chi connectivity index (χ0) is 14.2. The van der Waals surface area contributed by atoms with Crippen molar-refractivity contribution in [2.45, 2.75) is 5.75 Å². The van der Waals surface area contributed by atoms with Gasteiger partial charge in [0.2, 0.25) is 0 Å². The van der Waals surface area contributed by atoms with Crippen LogP contribution in [-0.4, -0.2) is 10.3 Å². The lowest BCUT2D eigenvalue weighted by molar-refractivity contribution is 1.42. The van der Waals surface area contributed by atoms with Crippen LogP contribution in [0.4, 0.5) is 11.4 Å². The molecule has 0 saturated carbocycles. The summed E-state index contributed by atoms with van der Waals surface area (Å²) in [5, 5.41) is 2.87. The first-order chi connectivity index (χ1) is 9.78. The number of thioether (sulfide) groups is 1. The van der Waals surface area contributed by atoms with Gasteiger partial charge in [0.15, 0.2) is 5.17 Å². The second kappa shape index (κ2) is 7.60. The highest BCUT2D eigenvalue weighted by Crippen LogP contribution is 2.20. The highest BCUT2D eigenvalue weighted by molar-refractivity contribution is 8.13. The molecule has 0 amide bonds. The molecule has 100 valence electrons. The van der Waals surface area contributed by atoms with Crippen molar-refractivity contribution in [1.29, 1.82) is 0 Å². The Hall–Kier alpha value is -1.94. The van der Waals surface area contributed by atoms with E-state index in [9.17, 15) is 0 Å². The molecule has 0 saturated heterocycles. The Morgan fingerprint density at radius 2 is 1.70 bits per heavy atom. The van der Waals surface area contributed by atoms with Gasteiger partial charge >= 0.3 is 0 Å². The molecule has 0 fully saturated rings. The van der Waals surface area contributed by atoms with Gasteiger partial charge in [-0.05, 0) is 42.0 Å². The van der Waals surface area contributed by atoms with Gasteiger partial charge in [-0.1, -0.05) is 42.1 Å². The molecule has 0 atom stereocenters. The smallest absolute Gasteiger partial charge is 0.159 e. The number of benzene rings is 2. The van der Waals surface area contributed by atoms with Gasteiger partial charge in [-0.25, -0.2) is 4.99 Å². The highest BCUT2D eigenvalue weighted by atomic mass is 32.2. The molecular weight excluding hydrogens is 286 g/mol. The predicted molar refractivity (Wildman–Crippen MR) is 90.1 cm³/mol. The largest absolute Gasteiger partial charge is 0.378 e. The average molecular weight is 299 g/mol. The van der Waals surface area contributed by atoms with Crippen LogP contribution in [0.3, 0.4) is 0 Å². The second-order valence-electron chi connectivity index (χ2n) is 3.94. The monoisotopic (exact) mass is 299 g/mol. The van der Waals surface area contributed by atoms with E-state index in [1.807, 2.05) is 42.5 Å². The van der Waals surface area contributed by atoms with Crippen LogP contribution < -0.4 is 5.73 Å². The molecule has 3 nitrogen and oxygen atoms in total. The van der Waals surface area contributed by atoms with Crippen molar-refractivity contribution in [2.75, 3.05) is 0 Å². The van der Waals surface area contributed by atoms with Crippen LogP contribution in [0.25, 0.3) is 0 Å². The van der Waals surface area contributed by atoms with Crippen LogP contribution in [0.1, 0.15) is 5.56 Å². The molecule has 5 heteroatoms. The zero-order valence-electron chi connectivity index (χ0n) is 10.7. The molecule has 0 aromatic heterocycles. The fourth-order valence-corrected chi connectivity index (χ4v) is 2.33. The summed E-state index contributed by atoms with van der Waals surface area (Å²) < 4.78 is 0. The van der Waals surface area contributed by atoms with E-state index in [0.29, 0.717) is 5.17 Å². The Morgan fingerprint density at radius 1 is 1.05 bits per heavy atom. The Balaban J connectivity index is 1.97. The lowest BCUT2D eigenvalue weighted by atomic mass is 10.2. The average Bonchev–Trinajstić information content (AvgIpc) is 2.49. The summed E-state index contributed by atoms with van der Waals surface area (Å²) in [6.07, 6.45) is 0. The minimum absolute atomic E-state index is 0.542. The molecule has 0 heterocycles. The summed E-state index contributed by atoms with van der Waals surface area (Å²) in [7, 11) is 0. The molecule has 20 heavy (non-hydrogen) atoms. The van der Waals surface area contributed by atoms with Crippen molar-refractivity contribution in [3.05, 3.63) is 60.2 Å². The number of thiocarbonyl (C=S) groups is 1. The number of rotatable bonds is 4. The second-order valence-corrected chi connectivity index (χ2v) is 5.12. The van der Waals surface area contributed by atoms with Gasteiger partial charge in [0.25, 0.3) is 0 Å². The molecular formula is C15H13N3S2. The third kappa shape index (κ3) is 4.63. The van der Waals surface area contributed by atoms with Crippen molar-refractivity contribution >= 4 is 45.7 Å². The normalized spacial score (nSPS) is 10.9. The summed E-state index contributed by atoms with van der Waals surface area (Å²) in [6, 6.07) is 17.5. The van der Waals surface area contributed by atoms with Crippen molar-refractivity contribution in [1.82, 2.24) is 0 Å². The molecule has 0 bridgehead atoms. The third-order valence-electron chi connectivity index (χ3n) is 2.49. The standard InChI is InChI=1S/C15H13N3S2/c16-15(20-10-12-4-2-1-3-5-12)18-14-8-6-13(7-9-14)17-11-19/h1-9H,10H2,(H2,16,18). The molecule has 2 aromatic carbocycles. The van der Waals surface area contributed by atoms with E-state index in [2.05, 4.69) is 39.5 Å². The Bertz CT molecular complexity index is 630. The summed E-state index contributed by atoms with van der Waals surface area (Å²) in [5.74, 6) is 0.809. The minimum Gasteiger partial charge on any atom is -0.378 e. The molecule has 0 unspecified atom stereocenters. The number of amidine groups is 1. The van der Waals surface area contributed by atoms with Gasteiger partial charge < -0.3 is 5.73 Å². The molecule has 2 rings (SSSR count). The zero-order valence-corrected chi connectivity index (χ0v) is 12.3. The molecule has 0 aliphatic rings. The fourth-order valence-electron chi connectivity index (χ4n) is 1.55. The number of aliphatic imine (C=N–C) groups is 2. The SMILES string of the molecule is NC(=Nc1ccc(N=C=S)cc1)SCc1ccccc1. The quantitative estimate of drug-likeness (QED) is 0.520. The van der Waals surface area contributed by atoms with Crippen LogP contribution in [0.2, 0.25) is 0 Å². The number of nitrogens with two attached hydrogens (primary N) is 1. The molecule has 0 spiro atoms. The number of isothiocyanates is 1. The van der Waals surface area contributed by atoms with Gasteiger partial charge in [0, 0.05) is 5.75 Å². The number of hydrogen-bond donors (Lipinski definition) is 1. The Labute approximate surface area is 127 Å². The molecule has 0 aliphatic heterocycles. The first kappa shape index (κ1) is 14.5. The maximum atomic E-state index is 5.91. The Morgan fingerprint density at radius 3 is 2.35 bits per heavy atom. The van der Waals surface area contributed by atoms with E-state index in [1.165, 1.54) is 17.3 Å². The molecule has 2 N–H and O–H groups in total. The van der Waals surface area contributed by atoms with Crippen LogP contribution >= 0.6 is 24.0 Å². The van der Waals surface area contributed by atoms with Crippen LogP contribution in [0.5, 0.6) is 0 Å². The van der Waals surface area contributed by atoms with Gasteiger partial charge in [-0.3, -0.25) is 0 Å². The van der Waals surface area contributed by atoms with Crippen molar-refractivity contribution in [3.8, 4) is 0 Å². The minimum atomic E-state index is 0.542. The van der Waals surface area contributed by atoms with Crippen molar-refractivity contribution in [3.63, 3.8) is 0 Å². The summed E-state index contributed by atoms with van der Waals surface area (Å²) in [5.41, 5.74) is 8.69. The van der Waals surface area contributed by atoms with Crippen LogP contribution in [0, 0.1) is 0 Å². The van der Waals surface area contributed by atoms with Crippen LogP contribution in [0.15, 0.2) is 64.6 Å². The van der Waals surface area contributed by atoms with Crippen molar-refractivity contribution in [2.24, 2.45) is 15.7 Å². The lowest BCUT2D eigenvalue weighted by Crippen LogP contribution is -2.05. The Kier molecular flexibility index (Phi) is 5.50. The fraction of sp³-hybridized carbons (Fsp3) is 0.0667. The van der Waals surface area contributed by atoms with E-state index in [1.54, 1.807) is 0 Å². The van der Waals surface area contributed by atoms with Gasteiger partial charge in [-0.15, -0.1) is 0 Å².